The summed E-state index contributed by atoms with van der Waals surface area (Å²) in [5.41, 5.74) is 0.624. The highest BCUT2D eigenvalue weighted by Gasteiger charge is 2.52. The van der Waals surface area contributed by atoms with Gasteiger partial charge in [-0.3, -0.25) is 9.69 Å². The third kappa shape index (κ3) is 1.94. The van der Waals surface area contributed by atoms with Gasteiger partial charge in [0, 0.05) is 11.6 Å². The second-order valence-corrected chi connectivity index (χ2v) is 5.49. The number of nitrogens with one attached hydrogen (secondary N) is 1. The zero-order valence-corrected chi connectivity index (χ0v) is 12.2. The first-order chi connectivity index (χ1) is 11.5. The van der Waals surface area contributed by atoms with Gasteiger partial charge in [-0.1, -0.05) is 24.3 Å². The number of ether oxygens (including phenoxy) is 1. The molecule has 2 aromatic carbocycles. The minimum Gasteiger partial charge on any atom is -0.503 e. The van der Waals surface area contributed by atoms with E-state index in [4.69, 9.17) is 0 Å². The van der Waals surface area contributed by atoms with Gasteiger partial charge in [-0.25, -0.2) is 0 Å². The fourth-order valence-electron chi connectivity index (χ4n) is 3.16. The van der Waals surface area contributed by atoms with E-state index in [9.17, 15) is 18.7 Å². The molecule has 5 nitrogen and oxygen atoms in total. The van der Waals surface area contributed by atoms with Crippen molar-refractivity contribution in [1.29, 1.82) is 0 Å². The van der Waals surface area contributed by atoms with Gasteiger partial charge in [-0.2, -0.15) is 8.78 Å². The van der Waals surface area contributed by atoms with Crippen molar-refractivity contribution in [1.82, 2.24) is 0 Å². The Hall–Kier alpha value is -3.09. The molecule has 0 saturated carbocycles. The smallest absolute Gasteiger partial charge is 0.387 e. The standard InChI is InChI=1S/C17H12F2N2O3/c18-16(19)24-11-5-3-4-10(8-11)17-9-14(22)15(23)21(17)13-7-2-1-6-12(13)20-17/h1-9,16,20,22H/t17-/m1/s1. The van der Waals surface area contributed by atoms with Crippen LogP contribution >= 0.6 is 0 Å². The molecule has 2 aromatic rings. The predicted octanol–water partition coefficient (Wildman–Crippen LogP) is 3.36. The number of fused-ring (bicyclic) bond motifs is 3. The van der Waals surface area contributed by atoms with Crippen molar-refractivity contribution in [2.75, 3.05) is 10.2 Å². The van der Waals surface area contributed by atoms with E-state index in [2.05, 4.69) is 10.1 Å². The van der Waals surface area contributed by atoms with Gasteiger partial charge in [0.15, 0.2) is 11.4 Å². The zero-order valence-electron chi connectivity index (χ0n) is 12.2. The lowest BCUT2D eigenvalue weighted by molar-refractivity contribution is -0.117. The van der Waals surface area contributed by atoms with Crippen LogP contribution in [0.25, 0.3) is 0 Å². The fraction of sp³-hybridized carbons (Fsp3) is 0.118. The van der Waals surface area contributed by atoms with Crippen molar-refractivity contribution in [2.45, 2.75) is 12.3 Å². The first kappa shape index (κ1) is 14.5. The average molecular weight is 330 g/mol. The molecule has 1 amide bonds. The average Bonchev–Trinajstić information content (AvgIpc) is 3.00. The summed E-state index contributed by atoms with van der Waals surface area (Å²) >= 11 is 0. The van der Waals surface area contributed by atoms with Crippen LogP contribution in [0.4, 0.5) is 20.2 Å². The Morgan fingerprint density at radius 1 is 1.17 bits per heavy atom. The lowest BCUT2D eigenvalue weighted by Gasteiger charge is -2.31. The number of nitrogens with zero attached hydrogens (tertiary/aromatic N) is 1. The summed E-state index contributed by atoms with van der Waals surface area (Å²) in [6.45, 7) is -2.95. The third-order valence-electron chi connectivity index (χ3n) is 4.09. The number of benzene rings is 2. The highest BCUT2D eigenvalue weighted by atomic mass is 19.3. The molecule has 122 valence electrons. The van der Waals surface area contributed by atoms with Crippen LogP contribution in [0.5, 0.6) is 5.75 Å². The molecule has 0 fully saturated rings. The molecule has 0 saturated heterocycles. The van der Waals surface area contributed by atoms with Crippen LogP contribution in [-0.2, 0) is 10.5 Å². The SMILES string of the molecule is O=C1C(O)=C[C@@]2(c3cccc(OC(F)F)c3)Nc3ccccc3N12. The van der Waals surface area contributed by atoms with Crippen molar-refractivity contribution in [3.05, 3.63) is 65.9 Å². The molecule has 2 heterocycles. The van der Waals surface area contributed by atoms with Crippen molar-refractivity contribution >= 4 is 17.3 Å². The van der Waals surface area contributed by atoms with E-state index in [1.165, 1.54) is 23.1 Å². The second-order valence-electron chi connectivity index (χ2n) is 5.49. The van der Waals surface area contributed by atoms with Gasteiger partial charge in [0.25, 0.3) is 5.91 Å². The monoisotopic (exact) mass is 330 g/mol. The maximum atomic E-state index is 12.5. The molecule has 2 N–H and O–H groups in total. The molecule has 0 bridgehead atoms. The first-order valence-corrected chi connectivity index (χ1v) is 7.20. The molecular weight excluding hydrogens is 318 g/mol. The molecule has 24 heavy (non-hydrogen) atoms. The quantitative estimate of drug-likeness (QED) is 0.906. The number of anilines is 2. The van der Waals surface area contributed by atoms with Crippen LogP contribution in [0.2, 0.25) is 0 Å². The van der Waals surface area contributed by atoms with E-state index in [0.717, 1.165) is 0 Å². The summed E-state index contributed by atoms with van der Waals surface area (Å²) in [4.78, 5) is 13.8. The lowest BCUT2D eigenvalue weighted by atomic mass is 9.99. The Labute approximate surface area is 135 Å². The molecule has 0 aromatic heterocycles. The summed E-state index contributed by atoms with van der Waals surface area (Å²) < 4.78 is 29.4. The Bertz CT molecular complexity index is 868. The summed E-state index contributed by atoms with van der Waals surface area (Å²) in [5, 5.41) is 13.1. The zero-order chi connectivity index (χ0) is 16.9. The Kier molecular flexibility index (Phi) is 2.99. The summed E-state index contributed by atoms with van der Waals surface area (Å²) in [6.07, 6.45) is 1.37. The van der Waals surface area contributed by atoms with Crippen LogP contribution < -0.4 is 15.0 Å². The van der Waals surface area contributed by atoms with Gasteiger partial charge in [-0.05, 0) is 24.3 Å². The number of aliphatic hydroxyl groups is 1. The normalized spacial score (nSPS) is 21.4. The molecule has 1 atom stereocenters. The molecule has 4 rings (SSSR count). The maximum Gasteiger partial charge on any atom is 0.387 e. The predicted molar refractivity (Wildman–Crippen MR) is 83.0 cm³/mol. The molecule has 7 heteroatoms. The van der Waals surface area contributed by atoms with Crippen LogP contribution in [0, 0.1) is 0 Å². The van der Waals surface area contributed by atoms with Crippen molar-refractivity contribution in [3.63, 3.8) is 0 Å². The second kappa shape index (κ2) is 4.95. The van der Waals surface area contributed by atoms with Gasteiger partial charge >= 0.3 is 6.61 Å². The van der Waals surface area contributed by atoms with Crippen LogP contribution in [0.3, 0.4) is 0 Å². The minimum atomic E-state index is -2.95. The number of amides is 1. The van der Waals surface area contributed by atoms with Gasteiger partial charge in [0.2, 0.25) is 0 Å². The van der Waals surface area contributed by atoms with E-state index < -0.39 is 23.9 Å². The lowest BCUT2D eigenvalue weighted by Crippen LogP contribution is -2.45. The Balaban J connectivity index is 1.85. The van der Waals surface area contributed by atoms with Crippen molar-refractivity contribution < 1.29 is 23.4 Å². The fourth-order valence-corrected chi connectivity index (χ4v) is 3.16. The Morgan fingerprint density at radius 3 is 2.75 bits per heavy atom. The van der Waals surface area contributed by atoms with Crippen LogP contribution in [-0.4, -0.2) is 17.6 Å². The first-order valence-electron chi connectivity index (χ1n) is 7.20. The molecule has 0 radical (unpaired) electrons. The van der Waals surface area contributed by atoms with Crippen molar-refractivity contribution in [2.24, 2.45) is 0 Å². The van der Waals surface area contributed by atoms with E-state index >= 15 is 0 Å². The van der Waals surface area contributed by atoms with Gasteiger partial charge in [0.05, 0.1) is 11.4 Å². The number of carbonyl (C=O) groups is 1. The number of halogens is 2. The number of aliphatic hydroxyl groups excluding tert-OH is 1. The molecule has 0 unspecified atom stereocenters. The number of carbonyl (C=O) groups excluding carboxylic acids is 1. The van der Waals surface area contributed by atoms with E-state index in [1.54, 1.807) is 30.3 Å². The summed E-state index contributed by atoms with van der Waals surface area (Å²) in [6, 6.07) is 13.2. The largest absolute Gasteiger partial charge is 0.503 e. The van der Waals surface area contributed by atoms with Gasteiger partial charge in [0.1, 0.15) is 5.75 Å². The molecule has 2 aliphatic rings. The highest BCUT2D eigenvalue weighted by molar-refractivity contribution is 6.13. The molecule has 0 spiro atoms. The van der Waals surface area contributed by atoms with Crippen LogP contribution in [0.1, 0.15) is 5.56 Å². The van der Waals surface area contributed by atoms with E-state index in [-0.39, 0.29) is 5.75 Å². The summed E-state index contributed by atoms with van der Waals surface area (Å²) in [5.74, 6) is -0.994. The summed E-state index contributed by atoms with van der Waals surface area (Å²) in [7, 11) is 0. The minimum absolute atomic E-state index is 0.0261. The number of para-hydroxylation sites is 2. The number of alkyl halides is 2. The van der Waals surface area contributed by atoms with E-state index in [1.807, 2.05) is 6.07 Å². The molecular formula is C17H12F2N2O3. The molecule has 0 aliphatic carbocycles. The van der Waals surface area contributed by atoms with Gasteiger partial charge in [-0.15, -0.1) is 0 Å². The van der Waals surface area contributed by atoms with Crippen LogP contribution in [0.15, 0.2) is 60.4 Å². The molecule has 2 aliphatic heterocycles. The number of hydrogen-bond donors (Lipinski definition) is 2. The number of hydrogen-bond acceptors (Lipinski definition) is 4. The topological polar surface area (TPSA) is 61.8 Å². The van der Waals surface area contributed by atoms with Gasteiger partial charge < -0.3 is 15.2 Å². The third-order valence-corrected chi connectivity index (χ3v) is 4.09. The maximum absolute atomic E-state index is 12.5. The van der Waals surface area contributed by atoms with E-state index in [0.29, 0.717) is 16.9 Å². The highest BCUT2D eigenvalue weighted by Crippen LogP contribution is 2.50. The Morgan fingerprint density at radius 2 is 1.96 bits per heavy atom. The van der Waals surface area contributed by atoms with Crippen molar-refractivity contribution in [3.8, 4) is 5.75 Å². The number of rotatable bonds is 3.